The molecule has 0 amide bonds. The van der Waals surface area contributed by atoms with Gasteiger partial charge >= 0.3 is 0 Å². The number of aromatic nitrogens is 4. The van der Waals surface area contributed by atoms with E-state index in [1.807, 2.05) is 0 Å². The number of aromatic amines is 2. The summed E-state index contributed by atoms with van der Waals surface area (Å²) in [7, 11) is 0. The Morgan fingerprint density at radius 3 is 1.36 bits per heavy atom. The van der Waals surface area contributed by atoms with E-state index in [0.717, 1.165) is 11.0 Å². The molecule has 0 saturated carbocycles. The molecule has 2 heterocycles. The van der Waals surface area contributed by atoms with Gasteiger partial charge in [0.25, 0.3) is 0 Å². The molecular formula is C14H6Cl4N4. The summed E-state index contributed by atoms with van der Waals surface area (Å²) >= 11 is 24.0. The predicted molar refractivity (Wildman–Crippen MR) is 91.2 cm³/mol. The molecule has 0 atom stereocenters. The van der Waals surface area contributed by atoms with Crippen LogP contribution in [0, 0.1) is 0 Å². The topological polar surface area (TPSA) is 57.4 Å². The molecule has 0 aliphatic heterocycles. The van der Waals surface area contributed by atoms with Crippen LogP contribution < -0.4 is 0 Å². The predicted octanol–water partition coefficient (Wildman–Crippen LogP) is 5.72. The SMILES string of the molecule is Clc1cc2nc(-c3nc4cc(Cl)c(Cl)cc4[nH]3)[nH]c2cc1Cl. The molecule has 2 aromatic carbocycles. The van der Waals surface area contributed by atoms with Crippen molar-refractivity contribution in [3.63, 3.8) is 0 Å². The van der Waals surface area contributed by atoms with Crippen molar-refractivity contribution in [1.29, 1.82) is 0 Å². The highest BCUT2D eigenvalue weighted by atomic mass is 35.5. The Bertz CT molecular complexity index is 872. The first-order valence-corrected chi connectivity index (χ1v) is 7.72. The van der Waals surface area contributed by atoms with Crippen LogP contribution in [-0.2, 0) is 0 Å². The smallest absolute Gasteiger partial charge is 0.174 e. The van der Waals surface area contributed by atoms with Gasteiger partial charge in [0.05, 0.1) is 42.2 Å². The molecule has 2 N–H and O–H groups in total. The van der Waals surface area contributed by atoms with Gasteiger partial charge in [-0.3, -0.25) is 0 Å². The quantitative estimate of drug-likeness (QED) is 0.449. The molecule has 2 aromatic heterocycles. The lowest BCUT2D eigenvalue weighted by Crippen LogP contribution is -1.81. The lowest BCUT2D eigenvalue weighted by atomic mass is 10.3. The Morgan fingerprint density at radius 2 is 0.955 bits per heavy atom. The lowest BCUT2D eigenvalue weighted by Gasteiger charge is -1.93. The van der Waals surface area contributed by atoms with Crippen LogP contribution in [-0.4, -0.2) is 19.9 Å². The van der Waals surface area contributed by atoms with Crippen LogP contribution >= 0.6 is 46.4 Å². The van der Waals surface area contributed by atoms with E-state index in [-0.39, 0.29) is 0 Å². The standard InChI is InChI=1S/C14H6Cl4N4/c15-5-1-9-10(2-6(5)16)20-13(19-9)14-21-11-3-7(17)8(18)4-12(11)22-14/h1-4H,(H,19,20)(H,21,22). The summed E-state index contributed by atoms with van der Waals surface area (Å²) in [6.07, 6.45) is 0. The van der Waals surface area contributed by atoms with Gasteiger partial charge in [-0.15, -0.1) is 0 Å². The van der Waals surface area contributed by atoms with Crippen molar-refractivity contribution in [3.05, 3.63) is 44.4 Å². The average molecular weight is 372 g/mol. The third-order valence-electron chi connectivity index (χ3n) is 3.27. The van der Waals surface area contributed by atoms with Crippen LogP contribution in [0.1, 0.15) is 0 Å². The van der Waals surface area contributed by atoms with E-state index in [1.54, 1.807) is 24.3 Å². The Balaban J connectivity index is 1.90. The molecule has 110 valence electrons. The third kappa shape index (κ3) is 2.23. The van der Waals surface area contributed by atoms with Crippen molar-refractivity contribution in [2.45, 2.75) is 0 Å². The fourth-order valence-electron chi connectivity index (χ4n) is 2.23. The summed E-state index contributed by atoms with van der Waals surface area (Å²) in [5.41, 5.74) is 2.98. The number of nitrogens with one attached hydrogen (secondary N) is 2. The monoisotopic (exact) mass is 370 g/mol. The summed E-state index contributed by atoms with van der Waals surface area (Å²) in [5.74, 6) is 1.16. The molecule has 4 nitrogen and oxygen atoms in total. The normalized spacial score (nSPS) is 11.6. The maximum atomic E-state index is 6.01. The van der Waals surface area contributed by atoms with Crippen molar-refractivity contribution in [2.75, 3.05) is 0 Å². The number of rotatable bonds is 1. The van der Waals surface area contributed by atoms with Gasteiger partial charge in [-0.25, -0.2) is 9.97 Å². The fraction of sp³-hybridized carbons (Fsp3) is 0. The highest BCUT2D eigenvalue weighted by Gasteiger charge is 2.13. The van der Waals surface area contributed by atoms with Crippen molar-refractivity contribution in [3.8, 4) is 11.6 Å². The zero-order valence-electron chi connectivity index (χ0n) is 10.7. The Hall–Kier alpha value is -1.46. The van der Waals surface area contributed by atoms with Gasteiger partial charge in [-0.2, -0.15) is 0 Å². The van der Waals surface area contributed by atoms with Gasteiger partial charge in [0.2, 0.25) is 0 Å². The summed E-state index contributed by atoms with van der Waals surface area (Å²) in [6, 6.07) is 6.86. The van der Waals surface area contributed by atoms with Gasteiger partial charge in [0.15, 0.2) is 11.6 Å². The minimum atomic E-state index is 0.454. The molecule has 0 aliphatic rings. The van der Waals surface area contributed by atoms with E-state index >= 15 is 0 Å². The second-order valence-electron chi connectivity index (χ2n) is 4.74. The molecule has 4 aromatic rings. The lowest BCUT2D eigenvalue weighted by molar-refractivity contribution is 1.22. The van der Waals surface area contributed by atoms with E-state index in [0.29, 0.717) is 42.8 Å². The number of benzene rings is 2. The molecule has 0 spiro atoms. The number of fused-ring (bicyclic) bond motifs is 2. The Morgan fingerprint density at radius 1 is 0.591 bits per heavy atom. The number of imidazole rings is 2. The van der Waals surface area contributed by atoms with Crippen LogP contribution in [0.4, 0.5) is 0 Å². The van der Waals surface area contributed by atoms with Gasteiger partial charge < -0.3 is 9.97 Å². The number of hydrogen-bond donors (Lipinski definition) is 2. The largest absolute Gasteiger partial charge is 0.335 e. The van der Waals surface area contributed by atoms with Gasteiger partial charge in [0, 0.05) is 0 Å². The third-order valence-corrected chi connectivity index (χ3v) is 4.72. The molecule has 0 saturated heterocycles. The van der Waals surface area contributed by atoms with E-state index in [1.165, 1.54) is 0 Å². The first-order valence-electron chi connectivity index (χ1n) is 6.21. The zero-order chi connectivity index (χ0) is 15.4. The molecule has 0 radical (unpaired) electrons. The second kappa shape index (κ2) is 5.03. The van der Waals surface area contributed by atoms with Gasteiger partial charge in [-0.05, 0) is 24.3 Å². The first kappa shape index (κ1) is 14.2. The number of halogens is 4. The highest BCUT2D eigenvalue weighted by molar-refractivity contribution is 6.43. The fourth-order valence-corrected chi connectivity index (χ4v) is 2.88. The average Bonchev–Trinajstić information content (AvgIpc) is 3.03. The Labute approximate surface area is 144 Å². The molecule has 4 rings (SSSR count). The first-order chi connectivity index (χ1) is 10.5. The van der Waals surface area contributed by atoms with Crippen molar-refractivity contribution >= 4 is 68.5 Å². The van der Waals surface area contributed by atoms with E-state index < -0.39 is 0 Å². The molecule has 8 heteroatoms. The van der Waals surface area contributed by atoms with Crippen molar-refractivity contribution in [1.82, 2.24) is 19.9 Å². The highest BCUT2D eigenvalue weighted by Crippen LogP contribution is 2.30. The molecule has 0 aliphatic carbocycles. The van der Waals surface area contributed by atoms with Crippen LogP contribution in [0.2, 0.25) is 20.1 Å². The molecule has 0 unspecified atom stereocenters. The van der Waals surface area contributed by atoms with Crippen LogP contribution in [0.5, 0.6) is 0 Å². The summed E-state index contributed by atoms with van der Waals surface area (Å²) in [6.45, 7) is 0. The molecule has 22 heavy (non-hydrogen) atoms. The molecule has 0 fully saturated rings. The van der Waals surface area contributed by atoms with Crippen molar-refractivity contribution < 1.29 is 0 Å². The van der Waals surface area contributed by atoms with Gasteiger partial charge in [-0.1, -0.05) is 46.4 Å². The number of H-pyrrole nitrogens is 2. The van der Waals surface area contributed by atoms with Crippen molar-refractivity contribution in [2.24, 2.45) is 0 Å². The minimum absolute atomic E-state index is 0.454. The van der Waals surface area contributed by atoms with E-state index in [4.69, 9.17) is 46.4 Å². The maximum Gasteiger partial charge on any atom is 0.174 e. The Kier molecular flexibility index (Phi) is 3.24. The second-order valence-corrected chi connectivity index (χ2v) is 6.37. The summed E-state index contributed by atoms with van der Waals surface area (Å²) in [4.78, 5) is 15.2. The number of nitrogens with zero attached hydrogens (tertiary/aromatic N) is 2. The van der Waals surface area contributed by atoms with Crippen LogP contribution in [0.25, 0.3) is 33.7 Å². The summed E-state index contributed by atoms with van der Waals surface area (Å²) < 4.78 is 0. The van der Waals surface area contributed by atoms with Crippen LogP contribution in [0.3, 0.4) is 0 Å². The minimum Gasteiger partial charge on any atom is -0.335 e. The van der Waals surface area contributed by atoms with E-state index in [2.05, 4.69) is 19.9 Å². The van der Waals surface area contributed by atoms with E-state index in [9.17, 15) is 0 Å². The molecule has 0 bridgehead atoms. The molecular weight excluding hydrogens is 366 g/mol. The zero-order valence-corrected chi connectivity index (χ0v) is 13.7. The van der Waals surface area contributed by atoms with Gasteiger partial charge in [0.1, 0.15) is 0 Å². The maximum absolute atomic E-state index is 6.01. The van der Waals surface area contributed by atoms with Crippen LogP contribution in [0.15, 0.2) is 24.3 Å². The number of hydrogen-bond acceptors (Lipinski definition) is 2. The summed E-state index contributed by atoms with van der Waals surface area (Å²) in [5, 5.41) is 1.84.